The minimum atomic E-state index is -0.585. The van der Waals surface area contributed by atoms with Crippen molar-refractivity contribution in [1.29, 1.82) is 0 Å². The Kier molecular flexibility index (Phi) is 5.06. The highest BCUT2D eigenvalue weighted by Crippen LogP contribution is 2.29. The molecule has 2 aromatic rings. The molecule has 6 nitrogen and oxygen atoms in total. The molecule has 0 aliphatic carbocycles. The fourth-order valence-electron chi connectivity index (χ4n) is 2.46. The molecule has 1 aliphatic heterocycles. The van der Waals surface area contributed by atoms with Crippen molar-refractivity contribution in [1.82, 2.24) is 5.32 Å². The summed E-state index contributed by atoms with van der Waals surface area (Å²) in [7, 11) is 1.41. The Morgan fingerprint density at radius 3 is 2.69 bits per heavy atom. The van der Waals surface area contributed by atoms with Crippen LogP contribution < -0.4 is 15.0 Å². The predicted molar refractivity (Wildman–Crippen MR) is 105 cm³/mol. The Morgan fingerprint density at radius 1 is 1.23 bits per heavy atom. The lowest BCUT2D eigenvalue weighted by Gasteiger charge is -2.29. The molecule has 0 spiro atoms. The van der Waals surface area contributed by atoms with Gasteiger partial charge in [0.2, 0.25) is 0 Å². The van der Waals surface area contributed by atoms with Gasteiger partial charge in [-0.2, -0.15) is 0 Å². The summed E-state index contributed by atoms with van der Waals surface area (Å²) in [5, 5.41) is 12.2. The average molecular weight is 433 g/mol. The first-order valence-corrected chi connectivity index (χ1v) is 8.65. The zero-order chi connectivity index (χ0) is 18.8. The molecule has 1 aliphatic rings. The van der Waals surface area contributed by atoms with Crippen LogP contribution in [0.2, 0.25) is 0 Å². The number of anilines is 1. The molecule has 1 fully saturated rings. The van der Waals surface area contributed by atoms with Crippen LogP contribution in [0.4, 0.5) is 5.69 Å². The van der Waals surface area contributed by atoms with Gasteiger partial charge in [-0.3, -0.25) is 19.8 Å². The van der Waals surface area contributed by atoms with E-state index in [9.17, 15) is 14.7 Å². The Balaban J connectivity index is 2.03. The quantitative estimate of drug-likeness (QED) is 0.442. The van der Waals surface area contributed by atoms with Crippen LogP contribution in [-0.4, -0.2) is 29.1 Å². The monoisotopic (exact) mass is 432 g/mol. The number of hydrogen-bond acceptors (Lipinski definition) is 5. The number of carbonyl (C=O) groups is 2. The lowest BCUT2D eigenvalue weighted by Crippen LogP contribution is -2.54. The van der Waals surface area contributed by atoms with Gasteiger partial charge >= 0.3 is 0 Å². The van der Waals surface area contributed by atoms with Gasteiger partial charge in [0.05, 0.1) is 12.8 Å². The zero-order valence-corrected chi connectivity index (χ0v) is 15.9. The predicted octanol–water partition coefficient (Wildman–Crippen LogP) is 2.99. The van der Waals surface area contributed by atoms with Crippen LogP contribution in [-0.2, 0) is 9.59 Å². The summed E-state index contributed by atoms with van der Waals surface area (Å²) in [5.74, 6) is -0.921. The number of methoxy groups -OCH3 is 1. The summed E-state index contributed by atoms with van der Waals surface area (Å²) < 4.78 is 5.82. The van der Waals surface area contributed by atoms with Crippen LogP contribution in [0, 0.1) is 0 Å². The number of phenolic OH excluding ortho intramolecular Hbond substituents is 1. The van der Waals surface area contributed by atoms with Crippen molar-refractivity contribution in [2.75, 3.05) is 12.0 Å². The molecule has 0 radical (unpaired) electrons. The fourth-order valence-corrected chi connectivity index (χ4v) is 3.13. The maximum Gasteiger partial charge on any atom is 0.270 e. The van der Waals surface area contributed by atoms with Crippen molar-refractivity contribution in [2.24, 2.45) is 0 Å². The van der Waals surface area contributed by atoms with Crippen molar-refractivity contribution in [3.63, 3.8) is 0 Å². The normalized spacial score (nSPS) is 16.0. The molecule has 0 bridgehead atoms. The molecule has 26 heavy (non-hydrogen) atoms. The van der Waals surface area contributed by atoms with Crippen LogP contribution in [0.5, 0.6) is 11.5 Å². The average Bonchev–Trinajstić information content (AvgIpc) is 2.60. The molecule has 8 heteroatoms. The number of halogens is 1. The van der Waals surface area contributed by atoms with Gasteiger partial charge in [0, 0.05) is 4.47 Å². The highest BCUT2D eigenvalue weighted by Gasteiger charge is 2.34. The zero-order valence-electron chi connectivity index (χ0n) is 13.5. The van der Waals surface area contributed by atoms with Gasteiger partial charge in [-0.1, -0.05) is 28.1 Å². The lowest BCUT2D eigenvalue weighted by atomic mass is 10.1. The number of carbonyl (C=O) groups excluding carboxylic acids is 2. The summed E-state index contributed by atoms with van der Waals surface area (Å²) >= 11 is 8.51. The van der Waals surface area contributed by atoms with Gasteiger partial charge < -0.3 is 9.84 Å². The van der Waals surface area contributed by atoms with Crippen molar-refractivity contribution in [2.45, 2.75) is 0 Å². The van der Waals surface area contributed by atoms with E-state index in [-0.39, 0.29) is 22.2 Å². The van der Waals surface area contributed by atoms with Crippen LogP contribution >= 0.6 is 28.1 Å². The van der Waals surface area contributed by atoms with E-state index in [2.05, 4.69) is 21.2 Å². The Morgan fingerprint density at radius 2 is 2.00 bits per heavy atom. The molecule has 132 valence electrons. The van der Waals surface area contributed by atoms with Crippen LogP contribution in [0.1, 0.15) is 5.56 Å². The minimum absolute atomic E-state index is 0.0125. The molecule has 2 aromatic carbocycles. The highest BCUT2D eigenvalue weighted by molar-refractivity contribution is 9.10. The van der Waals surface area contributed by atoms with Gasteiger partial charge in [0.15, 0.2) is 16.6 Å². The number of rotatable bonds is 3. The molecule has 1 saturated heterocycles. The first-order chi connectivity index (χ1) is 12.4. The molecule has 0 saturated carbocycles. The van der Waals surface area contributed by atoms with E-state index in [1.54, 1.807) is 24.3 Å². The highest BCUT2D eigenvalue weighted by atomic mass is 79.9. The molecule has 0 atom stereocenters. The number of benzene rings is 2. The van der Waals surface area contributed by atoms with E-state index in [1.165, 1.54) is 30.2 Å². The standard InChI is InChI=1S/C18H13BrN2O4S/c1-25-15-8-10(5-6-14(15)22)7-13-16(23)20-18(26)21(17(13)24)12-4-2-3-11(19)9-12/h2-9,22H,1H3,(H,20,23,26). The second-order valence-electron chi connectivity index (χ2n) is 5.37. The molecule has 2 N–H and O–H groups in total. The van der Waals surface area contributed by atoms with E-state index in [0.717, 1.165) is 4.47 Å². The van der Waals surface area contributed by atoms with Gasteiger partial charge in [0.25, 0.3) is 11.8 Å². The maximum atomic E-state index is 12.9. The third-order valence-electron chi connectivity index (χ3n) is 3.68. The van der Waals surface area contributed by atoms with E-state index >= 15 is 0 Å². The number of thiocarbonyl (C=S) groups is 1. The number of aromatic hydroxyl groups is 1. The van der Waals surface area contributed by atoms with Crippen molar-refractivity contribution in [3.8, 4) is 11.5 Å². The second kappa shape index (κ2) is 7.27. The molecule has 2 amide bonds. The summed E-state index contributed by atoms with van der Waals surface area (Å²) in [6, 6.07) is 11.5. The van der Waals surface area contributed by atoms with Crippen molar-refractivity contribution in [3.05, 3.63) is 58.1 Å². The second-order valence-corrected chi connectivity index (χ2v) is 6.67. The summed E-state index contributed by atoms with van der Waals surface area (Å²) in [5.41, 5.74) is 0.982. The number of nitrogens with one attached hydrogen (secondary N) is 1. The topological polar surface area (TPSA) is 78.9 Å². The first kappa shape index (κ1) is 18.1. The smallest absolute Gasteiger partial charge is 0.270 e. The van der Waals surface area contributed by atoms with Crippen molar-refractivity contribution >= 4 is 56.8 Å². The molecule has 1 heterocycles. The lowest BCUT2D eigenvalue weighted by molar-refractivity contribution is -0.122. The SMILES string of the molecule is COc1cc(C=C2C(=O)NC(=S)N(c3cccc(Br)c3)C2=O)ccc1O. The van der Waals surface area contributed by atoms with E-state index < -0.39 is 11.8 Å². The van der Waals surface area contributed by atoms with E-state index in [4.69, 9.17) is 17.0 Å². The Bertz CT molecular complexity index is 958. The summed E-state index contributed by atoms with van der Waals surface area (Å²) in [6.07, 6.45) is 1.42. The molecule has 3 rings (SSSR count). The Hall–Kier alpha value is -2.71. The van der Waals surface area contributed by atoms with Gasteiger partial charge in [0.1, 0.15) is 5.57 Å². The largest absolute Gasteiger partial charge is 0.504 e. The number of nitrogens with zero attached hydrogens (tertiary/aromatic N) is 1. The maximum absolute atomic E-state index is 12.9. The minimum Gasteiger partial charge on any atom is -0.504 e. The van der Waals surface area contributed by atoms with Crippen LogP contribution in [0.25, 0.3) is 6.08 Å². The van der Waals surface area contributed by atoms with Gasteiger partial charge in [-0.05, 0) is 54.2 Å². The number of amides is 2. The Labute approximate surface area is 163 Å². The number of phenols is 1. The van der Waals surface area contributed by atoms with E-state index in [1.807, 2.05) is 6.07 Å². The third kappa shape index (κ3) is 3.47. The molecule has 0 aromatic heterocycles. The molecular formula is C18H13BrN2O4S. The first-order valence-electron chi connectivity index (χ1n) is 7.44. The van der Waals surface area contributed by atoms with Crippen molar-refractivity contribution < 1.29 is 19.4 Å². The number of ether oxygens (including phenoxy) is 1. The van der Waals surface area contributed by atoms with Crippen LogP contribution in [0.3, 0.4) is 0 Å². The van der Waals surface area contributed by atoms with Gasteiger partial charge in [-0.25, -0.2) is 0 Å². The fraction of sp³-hybridized carbons (Fsp3) is 0.0556. The third-order valence-corrected chi connectivity index (χ3v) is 4.46. The van der Waals surface area contributed by atoms with Crippen LogP contribution in [0.15, 0.2) is 52.5 Å². The number of hydrogen-bond donors (Lipinski definition) is 2. The molecule has 0 unspecified atom stereocenters. The summed E-state index contributed by atoms with van der Waals surface area (Å²) in [4.78, 5) is 26.4. The van der Waals surface area contributed by atoms with Gasteiger partial charge in [-0.15, -0.1) is 0 Å². The van der Waals surface area contributed by atoms with E-state index in [0.29, 0.717) is 11.3 Å². The summed E-state index contributed by atoms with van der Waals surface area (Å²) in [6.45, 7) is 0. The molecular weight excluding hydrogens is 420 g/mol.